The summed E-state index contributed by atoms with van der Waals surface area (Å²) in [6.45, 7) is 0. The van der Waals surface area contributed by atoms with E-state index in [2.05, 4.69) is 9.97 Å². The third-order valence-corrected chi connectivity index (χ3v) is 2.98. The van der Waals surface area contributed by atoms with Crippen LogP contribution < -0.4 is 10.5 Å². The van der Waals surface area contributed by atoms with Gasteiger partial charge in [-0.15, -0.1) is 0 Å². The number of fused-ring (bicyclic) bond motifs is 1. The van der Waals surface area contributed by atoms with Gasteiger partial charge in [0, 0.05) is 17.6 Å². The van der Waals surface area contributed by atoms with E-state index in [9.17, 15) is 0 Å². The van der Waals surface area contributed by atoms with E-state index in [1.807, 2.05) is 12.1 Å². The second-order valence-electron chi connectivity index (χ2n) is 3.98. The Morgan fingerprint density at radius 1 is 1.05 bits per heavy atom. The first-order valence-electron chi connectivity index (χ1n) is 5.66. The molecule has 5 heteroatoms. The van der Waals surface area contributed by atoms with E-state index < -0.39 is 0 Å². The van der Waals surface area contributed by atoms with Crippen LogP contribution in [0.4, 0.5) is 5.69 Å². The van der Waals surface area contributed by atoms with Gasteiger partial charge in [0.25, 0.3) is 0 Å². The van der Waals surface area contributed by atoms with Crippen LogP contribution in [-0.2, 0) is 0 Å². The molecule has 1 aromatic carbocycles. The van der Waals surface area contributed by atoms with Crippen molar-refractivity contribution >= 4 is 28.2 Å². The van der Waals surface area contributed by atoms with E-state index in [1.165, 1.54) is 0 Å². The molecule has 0 amide bonds. The van der Waals surface area contributed by atoms with Crippen LogP contribution in [0.5, 0.6) is 11.6 Å². The quantitative estimate of drug-likeness (QED) is 0.773. The summed E-state index contributed by atoms with van der Waals surface area (Å²) >= 11 is 6.13. The van der Waals surface area contributed by atoms with Crippen LogP contribution in [0.2, 0.25) is 5.02 Å². The molecule has 3 rings (SSSR count). The van der Waals surface area contributed by atoms with Crippen molar-refractivity contribution in [3.63, 3.8) is 0 Å². The summed E-state index contributed by atoms with van der Waals surface area (Å²) in [6, 6.07) is 10.7. The number of hydrogen-bond donors (Lipinski definition) is 1. The summed E-state index contributed by atoms with van der Waals surface area (Å²) in [5, 5.41) is 1.48. The number of halogens is 1. The van der Waals surface area contributed by atoms with Crippen LogP contribution in [0.25, 0.3) is 10.9 Å². The van der Waals surface area contributed by atoms with Crippen molar-refractivity contribution in [1.29, 1.82) is 0 Å². The number of hydrogen-bond acceptors (Lipinski definition) is 4. The molecule has 0 aliphatic rings. The van der Waals surface area contributed by atoms with Crippen LogP contribution in [0, 0.1) is 0 Å². The Morgan fingerprint density at radius 2 is 1.95 bits per heavy atom. The zero-order chi connectivity index (χ0) is 13.2. The summed E-state index contributed by atoms with van der Waals surface area (Å²) in [6.07, 6.45) is 3.24. The molecule has 4 nitrogen and oxygen atoms in total. The lowest BCUT2D eigenvalue weighted by atomic mass is 10.2. The Labute approximate surface area is 114 Å². The molecule has 0 saturated carbocycles. The van der Waals surface area contributed by atoms with Crippen molar-refractivity contribution in [1.82, 2.24) is 9.97 Å². The molecule has 0 radical (unpaired) electrons. The Balaban J connectivity index is 2.06. The zero-order valence-electron chi connectivity index (χ0n) is 9.88. The minimum absolute atomic E-state index is 0.462. The van der Waals surface area contributed by atoms with Gasteiger partial charge in [-0.25, -0.2) is 4.98 Å². The molecule has 0 saturated heterocycles. The van der Waals surface area contributed by atoms with Gasteiger partial charge in [0.15, 0.2) is 5.75 Å². The van der Waals surface area contributed by atoms with Crippen LogP contribution in [0.15, 0.2) is 48.8 Å². The number of aromatic nitrogens is 2. The fourth-order valence-electron chi connectivity index (χ4n) is 1.76. The van der Waals surface area contributed by atoms with Crippen LogP contribution in [0.3, 0.4) is 0 Å². The molecule has 94 valence electrons. The first-order chi connectivity index (χ1) is 9.24. The van der Waals surface area contributed by atoms with Gasteiger partial charge in [-0.3, -0.25) is 4.98 Å². The number of rotatable bonds is 2. The maximum Gasteiger partial charge on any atom is 0.219 e. The van der Waals surface area contributed by atoms with Gasteiger partial charge >= 0.3 is 0 Å². The number of nitrogen functional groups attached to an aromatic ring is 1. The van der Waals surface area contributed by atoms with E-state index in [0.29, 0.717) is 27.9 Å². The molecular formula is C14H10ClN3O. The highest BCUT2D eigenvalue weighted by molar-refractivity contribution is 6.35. The highest BCUT2D eigenvalue weighted by Gasteiger charge is 2.08. The van der Waals surface area contributed by atoms with Gasteiger partial charge in [0.2, 0.25) is 5.88 Å². The molecule has 0 fully saturated rings. The van der Waals surface area contributed by atoms with Crippen molar-refractivity contribution < 1.29 is 4.74 Å². The van der Waals surface area contributed by atoms with Crippen LogP contribution in [-0.4, -0.2) is 9.97 Å². The van der Waals surface area contributed by atoms with Crippen LogP contribution >= 0.6 is 11.6 Å². The molecule has 2 N–H and O–H groups in total. The van der Waals surface area contributed by atoms with Crippen molar-refractivity contribution in [2.24, 2.45) is 0 Å². The van der Waals surface area contributed by atoms with E-state index >= 15 is 0 Å². The summed E-state index contributed by atoms with van der Waals surface area (Å²) in [5.74, 6) is 1.07. The number of nitrogens with zero attached hydrogens (tertiary/aromatic N) is 2. The minimum Gasteiger partial charge on any atom is -0.437 e. The third kappa shape index (κ3) is 2.30. The number of anilines is 1. The van der Waals surface area contributed by atoms with Crippen molar-refractivity contribution in [2.75, 3.05) is 5.73 Å². The Kier molecular flexibility index (Phi) is 2.93. The standard InChI is InChI=1S/C14H10ClN3O/c15-11-4-5-12(14-10(11)2-1-7-17-14)19-13-6-3-9(16)8-18-13/h1-8H,16H2. The zero-order valence-corrected chi connectivity index (χ0v) is 10.6. The fraction of sp³-hybridized carbons (Fsp3) is 0. The Bertz CT molecular complexity index is 728. The summed E-state index contributed by atoms with van der Waals surface area (Å²) < 4.78 is 5.71. The predicted molar refractivity (Wildman–Crippen MR) is 75.5 cm³/mol. The van der Waals surface area contributed by atoms with E-state index in [-0.39, 0.29) is 0 Å². The van der Waals surface area contributed by atoms with E-state index in [4.69, 9.17) is 22.1 Å². The maximum atomic E-state index is 6.13. The lowest BCUT2D eigenvalue weighted by Crippen LogP contribution is -1.92. The van der Waals surface area contributed by atoms with Gasteiger partial charge in [0.05, 0.1) is 16.9 Å². The molecular weight excluding hydrogens is 262 g/mol. The van der Waals surface area contributed by atoms with Crippen molar-refractivity contribution in [3.8, 4) is 11.6 Å². The van der Waals surface area contributed by atoms with Gasteiger partial charge in [-0.05, 0) is 30.3 Å². The van der Waals surface area contributed by atoms with Gasteiger partial charge in [-0.2, -0.15) is 0 Å². The number of benzene rings is 1. The molecule has 0 bridgehead atoms. The Morgan fingerprint density at radius 3 is 2.74 bits per heavy atom. The lowest BCUT2D eigenvalue weighted by Gasteiger charge is -2.08. The first kappa shape index (κ1) is 11.7. The molecule has 3 aromatic rings. The number of pyridine rings is 2. The SMILES string of the molecule is Nc1ccc(Oc2ccc(Cl)c3cccnc23)nc1. The largest absolute Gasteiger partial charge is 0.437 e. The molecule has 19 heavy (non-hydrogen) atoms. The fourth-order valence-corrected chi connectivity index (χ4v) is 1.97. The monoisotopic (exact) mass is 271 g/mol. The maximum absolute atomic E-state index is 6.13. The summed E-state index contributed by atoms with van der Waals surface area (Å²) in [5.41, 5.74) is 6.87. The van der Waals surface area contributed by atoms with Crippen molar-refractivity contribution in [3.05, 3.63) is 53.8 Å². The first-order valence-corrected chi connectivity index (χ1v) is 6.04. The number of nitrogens with two attached hydrogens (primary N) is 1. The van der Waals surface area contributed by atoms with Crippen LogP contribution in [0.1, 0.15) is 0 Å². The van der Waals surface area contributed by atoms with Crippen molar-refractivity contribution in [2.45, 2.75) is 0 Å². The lowest BCUT2D eigenvalue weighted by molar-refractivity contribution is 0.467. The number of ether oxygens (including phenoxy) is 1. The molecule has 0 aliphatic heterocycles. The normalized spacial score (nSPS) is 10.6. The molecule has 0 spiro atoms. The second-order valence-corrected chi connectivity index (χ2v) is 4.38. The molecule has 2 heterocycles. The molecule has 2 aromatic heterocycles. The molecule has 0 unspecified atom stereocenters. The third-order valence-electron chi connectivity index (χ3n) is 2.65. The smallest absolute Gasteiger partial charge is 0.219 e. The average molecular weight is 272 g/mol. The Hall–Kier alpha value is -2.33. The highest BCUT2D eigenvalue weighted by atomic mass is 35.5. The second kappa shape index (κ2) is 4.74. The minimum atomic E-state index is 0.462. The topological polar surface area (TPSA) is 61.0 Å². The summed E-state index contributed by atoms with van der Waals surface area (Å²) in [7, 11) is 0. The van der Waals surface area contributed by atoms with E-state index in [0.717, 1.165) is 5.39 Å². The molecule has 0 aliphatic carbocycles. The van der Waals surface area contributed by atoms with E-state index in [1.54, 1.807) is 36.7 Å². The molecule has 0 atom stereocenters. The predicted octanol–water partition coefficient (Wildman–Crippen LogP) is 3.66. The summed E-state index contributed by atoms with van der Waals surface area (Å²) in [4.78, 5) is 8.39. The highest BCUT2D eigenvalue weighted by Crippen LogP contribution is 2.32. The van der Waals surface area contributed by atoms with Gasteiger partial charge < -0.3 is 10.5 Å². The van der Waals surface area contributed by atoms with Gasteiger partial charge in [-0.1, -0.05) is 11.6 Å². The average Bonchev–Trinajstić information content (AvgIpc) is 2.45. The van der Waals surface area contributed by atoms with Gasteiger partial charge in [0.1, 0.15) is 5.52 Å².